The van der Waals surface area contributed by atoms with E-state index in [1.54, 1.807) is 0 Å². The van der Waals surface area contributed by atoms with Gasteiger partial charge in [0.15, 0.2) is 0 Å². The fourth-order valence-corrected chi connectivity index (χ4v) is 2.12. The Morgan fingerprint density at radius 3 is 2.94 bits per heavy atom. The molecule has 0 spiro atoms. The number of hydrogen-bond donors (Lipinski definition) is 2. The molecular weight excluding hydrogens is 215 g/mol. The van der Waals surface area contributed by atoms with Crippen molar-refractivity contribution in [1.29, 1.82) is 0 Å². The molecule has 2 N–H and O–H groups in total. The van der Waals surface area contributed by atoms with Gasteiger partial charge in [-0.3, -0.25) is 0 Å². The lowest BCUT2D eigenvalue weighted by Gasteiger charge is -2.15. The molecule has 17 heavy (non-hydrogen) atoms. The van der Waals surface area contributed by atoms with Crippen LogP contribution in [0.5, 0.6) is 0 Å². The van der Waals surface area contributed by atoms with Crippen LogP contribution in [-0.4, -0.2) is 12.7 Å². The van der Waals surface area contributed by atoms with Gasteiger partial charge in [-0.1, -0.05) is 18.7 Å². The van der Waals surface area contributed by atoms with E-state index in [-0.39, 0.29) is 7.12 Å². The molecule has 2 aliphatic heterocycles. The van der Waals surface area contributed by atoms with Gasteiger partial charge in [0.2, 0.25) is 0 Å². The molecule has 2 heterocycles. The maximum absolute atomic E-state index is 5.90. The van der Waals surface area contributed by atoms with E-state index in [0.717, 1.165) is 17.7 Å². The fourth-order valence-electron chi connectivity index (χ4n) is 2.12. The maximum Gasteiger partial charge on any atom is 0.563 e. The number of benzene rings is 1. The van der Waals surface area contributed by atoms with Gasteiger partial charge in [0.25, 0.3) is 0 Å². The van der Waals surface area contributed by atoms with Crippen LogP contribution in [0.25, 0.3) is 0 Å². The van der Waals surface area contributed by atoms with Gasteiger partial charge >= 0.3 is 7.12 Å². The normalized spacial score (nSPS) is 21.1. The highest BCUT2D eigenvalue weighted by molar-refractivity contribution is 6.63. The molecule has 3 rings (SSSR count). The summed E-state index contributed by atoms with van der Waals surface area (Å²) in [7, 11) is -0.353. The highest BCUT2D eigenvalue weighted by Gasteiger charge is 2.44. The van der Waals surface area contributed by atoms with E-state index in [0.29, 0.717) is 5.76 Å². The average molecular weight is 230 g/mol. The highest BCUT2D eigenvalue weighted by atomic mass is 16.7. The molecule has 0 atom stereocenters. The zero-order valence-electron chi connectivity index (χ0n) is 10.0. The summed E-state index contributed by atoms with van der Waals surface area (Å²) in [5, 5.41) is 0. The van der Waals surface area contributed by atoms with E-state index in [1.807, 2.05) is 32.0 Å². The van der Waals surface area contributed by atoms with Crippen molar-refractivity contribution in [3.63, 3.8) is 0 Å². The van der Waals surface area contributed by atoms with Crippen LogP contribution in [0.1, 0.15) is 19.4 Å². The van der Waals surface area contributed by atoms with Crippen LogP contribution < -0.4 is 16.3 Å². The number of nitrogens with one attached hydrogen (secondary N) is 2. The summed E-state index contributed by atoms with van der Waals surface area (Å²) in [6, 6.07) is 6.07. The Bertz CT molecular complexity index is 487. The predicted octanol–water partition coefficient (Wildman–Crippen LogP) is 1.15. The number of fused-ring (bicyclic) bond motifs is 1. The van der Waals surface area contributed by atoms with Gasteiger partial charge in [-0.25, -0.2) is 5.43 Å². The summed E-state index contributed by atoms with van der Waals surface area (Å²) in [4.78, 5) is 0. The zero-order valence-corrected chi connectivity index (χ0v) is 10.0. The molecule has 0 amide bonds. The van der Waals surface area contributed by atoms with Crippen molar-refractivity contribution in [3.8, 4) is 0 Å². The lowest BCUT2D eigenvalue weighted by Crippen LogP contribution is -2.36. The number of anilines is 1. The summed E-state index contributed by atoms with van der Waals surface area (Å²) in [5.74, 6) is 0.680. The minimum atomic E-state index is -0.424. The molecule has 0 aromatic heterocycles. The number of hydrazine groups is 1. The fraction of sp³-hybridized carbons (Fsp3) is 0.333. The third kappa shape index (κ3) is 1.62. The van der Waals surface area contributed by atoms with Crippen molar-refractivity contribution in [2.45, 2.75) is 26.0 Å². The van der Waals surface area contributed by atoms with Gasteiger partial charge in [0, 0.05) is 12.0 Å². The summed E-state index contributed by atoms with van der Waals surface area (Å²) in [6.07, 6.45) is 0. The molecule has 0 unspecified atom stereocenters. The largest absolute Gasteiger partial charge is 0.563 e. The smallest absolute Gasteiger partial charge is 0.534 e. The van der Waals surface area contributed by atoms with Gasteiger partial charge in [0.05, 0.1) is 11.4 Å². The third-order valence-electron chi connectivity index (χ3n) is 3.28. The van der Waals surface area contributed by atoms with E-state index in [4.69, 9.17) is 9.31 Å². The van der Waals surface area contributed by atoms with Gasteiger partial charge in [0.1, 0.15) is 5.60 Å². The second-order valence-electron chi connectivity index (χ2n) is 4.85. The SMILES string of the molecule is C=C1OB(c2cccc3c2CNN3)OC1(C)C. The molecule has 1 aromatic carbocycles. The minimum absolute atomic E-state index is 0.353. The summed E-state index contributed by atoms with van der Waals surface area (Å²) in [6.45, 7) is 8.61. The van der Waals surface area contributed by atoms with Crippen molar-refractivity contribution in [3.05, 3.63) is 36.1 Å². The van der Waals surface area contributed by atoms with Crippen molar-refractivity contribution in [2.24, 2.45) is 0 Å². The molecule has 1 saturated heterocycles. The Morgan fingerprint density at radius 1 is 1.41 bits per heavy atom. The van der Waals surface area contributed by atoms with Crippen molar-refractivity contribution in [1.82, 2.24) is 5.43 Å². The Labute approximate surface area is 101 Å². The lowest BCUT2D eigenvalue weighted by atomic mass is 9.75. The van der Waals surface area contributed by atoms with Crippen molar-refractivity contribution in [2.75, 3.05) is 5.43 Å². The van der Waals surface area contributed by atoms with Crippen molar-refractivity contribution < 1.29 is 9.31 Å². The van der Waals surface area contributed by atoms with Gasteiger partial charge in [-0.2, -0.15) is 0 Å². The van der Waals surface area contributed by atoms with Gasteiger partial charge in [-0.05, 0) is 25.5 Å². The van der Waals surface area contributed by atoms with E-state index in [2.05, 4.69) is 17.4 Å². The second kappa shape index (κ2) is 3.52. The first-order valence-electron chi connectivity index (χ1n) is 5.72. The molecule has 88 valence electrons. The van der Waals surface area contributed by atoms with Crippen LogP contribution in [0.3, 0.4) is 0 Å². The second-order valence-corrected chi connectivity index (χ2v) is 4.85. The Balaban J connectivity index is 1.97. The molecule has 2 aliphatic rings. The van der Waals surface area contributed by atoms with Crippen LogP contribution in [-0.2, 0) is 15.9 Å². The standard InChI is InChI=1S/C12H15BN2O2/c1-8-12(2,3)17-13(16-8)10-5-4-6-11-9(10)7-14-15-11/h4-6,14-15H,1,7H2,2-3H3. The van der Waals surface area contributed by atoms with Crippen LogP contribution in [0.4, 0.5) is 5.69 Å². The molecule has 5 heteroatoms. The van der Waals surface area contributed by atoms with Crippen LogP contribution in [0.15, 0.2) is 30.5 Å². The Hall–Kier alpha value is -1.46. The van der Waals surface area contributed by atoms with Gasteiger partial charge < -0.3 is 14.7 Å². The minimum Gasteiger partial charge on any atom is -0.534 e. The third-order valence-corrected chi connectivity index (χ3v) is 3.28. The molecular formula is C12H15BN2O2. The summed E-state index contributed by atoms with van der Waals surface area (Å²) in [5.41, 5.74) is 9.14. The van der Waals surface area contributed by atoms with E-state index >= 15 is 0 Å². The predicted molar refractivity (Wildman–Crippen MR) is 67.7 cm³/mol. The molecule has 0 saturated carbocycles. The van der Waals surface area contributed by atoms with Crippen LogP contribution >= 0.6 is 0 Å². The molecule has 4 nitrogen and oxygen atoms in total. The zero-order chi connectivity index (χ0) is 12.0. The monoisotopic (exact) mass is 230 g/mol. The highest BCUT2D eigenvalue weighted by Crippen LogP contribution is 2.30. The molecule has 0 aliphatic carbocycles. The average Bonchev–Trinajstić information content (AvgIpc) is 2.83. The quantitative estimate of drug-likeness (QED) is 0.710. The van der Waals surface area contributed by atoms with Crippen molar-refractivity contribution >= 4 is 18.3 Å². The molecule has 0 bridgehead atoms. The lowest BCUT2D eigenvalue weighted by molar-refractivity contribution is 0.173. The Morgan fingerprint density at radius 2 is 2.24 bits per heavy atom. The number of rotatable bonds is 1. The van der Waals surface area contributed by atoms with E-state index in [1.165, 1.54) is 5.56 Å². The number of hydrogen-bond acceptors (Lipinski definition) is 4. The topological polar surface area (TPSA) is 42.5 Å². The molecule has 1 aromatic rings. The first-order valence-corrected chi connectivity index (χ1v) is 5.72. The van der Waals surface area contributed by atoms with Crippen LogP contribution in [0.2, 0.25) is 0 Å². The molecule has 1 fully saturated rings. The van der Waals surface area contributed by atoms with E-state index < -0.39 is 5.60 Å². The first kappa shape index (κ1) is 10.7. The Kier molecular flexibility index (Phi) is 2.21. The molecule has 0 radical (unpaired) electrons. The summed E-state index contributed by atoms with van der Waals surface area (Å²) < 4.78 is 11.6. The van der Waals surface area contributed by atoms with Gasteiger partial charge in [-0.15, -0.1) is 0 Å². The van der Waals surface area contributed by atoms with E-state index in [9.17, 15) is 0 Å². The first-order chi connectivity index (χ1) is 8.08. The maximum atomic E-state index is 5.90. The summed E-state index contributed by atoms with van der Waals surface area (Å²) >= 11 is 0. The van der Waals surface area contributed by atoms with Crippen LogP contribution in [0, 0.1) is 0 Å².